The molecule has 3 heteroatoms. The largest absolute Gasteiger partial charge is 0.315 e. The summed E-state index contributed by atoms with van der Waals surface area (Å²) in [6, 6.07) is 1.51. The Balaban J connectivity index is 1.50. The lowest BCUT2D eigenvalue weighted by molar-refractivity contribution is 0.162. The van der Waals surface area contributed by atoms with Gasteiger partial charge in [0.05, 0.1) is 0 Å². The third kappa shape index (κ3) is 5.71. The average Bonchev–Trinajstić information content (AvgIpc) is 2.92. The molecule has 0 aliphatic carbocycles. The summed E-state index contributed by atoms with van der Waals surface area (Å²) < 4.78 is 0. The van der Waals surface area contributed by atoms with Crippen LogP contribution in [0.4, 0.5) is 0 Å². The van der Waals surface area contributed by atoms with Gasteiger partial charge in [0.2, 0.25) is 0 Å². The lowest BCUT2D eigenvalue weighted by Gasteiger charge is -2.32. The highest BCUT2D eigenvalue weighted by molar-refractivity contribution is 4.84. The number of piperidine rings is 1. The number of hydrogen-bond acceptors (Lipinski definition) is 3. The van der Waals surface area contributed by atoms with Crippen LogP contribution in [0.5, 0.6) is 0 Å². The molecule has 1 atom stereocenters. The molecule has 2 saturated heterocycles. The second kappa shape index (κ2) is 9.01. The molecule has 1 unspecified atom stereocenters. The zero-order valence-corrected chi connectivity index (χ0v) is 13.7. The fourth-order valence-electron chi connectivity index (χ4n) is 3.62. The molecule has 0 spiro atoms. The molecular formula is C17H35N3. The third-order valence-corrected chi connectivity index (χ3v) is 4.86. The molecule has 1 N–H and O–H groups in total. The van der Waals surface area contributed by atoms with E-state index in [1.165, 1.54) is 84.2 Å². The van der Waals surface area contributed by atoms with Crippen molar-refractivity contribution in [2.75, 3.05) is 39.3 Å². The predicted octanol–water partition coefficient (Wildman–Crippen LogP) is 2.71. The van der Waals surface area contributed by atoms with Gasteiger partial charge < -0.3 is 10.2 Å². The first-order valence-electron chi connectivity index (χ1n) is 8.95. The Morgan fingerprint density at radius 2 is 1.80 bits per heavy atom. The van der Waals surface area contributed by atoms with E-state index in [0.29, 0.717) is 6.04 Å². The Bertz CT molecular complexity index is 249. The van der Waals surface area contributed by atoms with Crippen molar-refractivity contribution in [3.63, 3.8) is 0 Å². The SMILES string of the molecule is CC(C)NCCCCCN1CCC(N2CCCCC2)C1. The van der Waals surface area contributed by atoms with Gasteiger partial charge in [0, 0.05) is 18.6 Å². The molecule has 2 heterocycles. The Kier molecular flexibility index (Phi) is 7.32. The van der Waals surface area contributed by atoms with Crippen LogP contribution in [-0.2, 0) is 0 Å². The topological polar surface area (TPSA) is 18.5 Å². The molecule has 2 rings (SSSR count). The molecule has 2 aliphatic heterocycles. The van der Waals surface area contributed by atoms with Crippen molar-refractivity contribution in [3.05, 3.63) is 0 Å². The first-order valence-corrected chi connectivity index (χ1v) is 8.95. The Morgan fingerprint density at radius 3 is 2.55 bits per heavy atom. The summed E-state index contributed by atoms with van der Waals surface area (Å²) in [6.45, 7) is 12.4. The monoisotopic (exact) mass is 281 g/mol. The quantitative estimate of drug-likeness (QED) is 0.690. The highest BCUT2D eigenvalue weighted by Crippen LogP contribution is 2.20. The highest BCUT2D eigenvalue weighted by Gasteiger charge is 2.27. The van der Waals surface area contributed by atoms with E-state index in [1.54, 1.807) is 0 Å². The molecule has 0 aromatic carbocycles. The van der Waals surface area contributed by atoms with Crippen molar-refractivity contribution in [1.82, 2.24) is 15.1 Å². The summed E-state index contributed by atoms with van der Waals surface area (Å²) in [5.74, 6) is 0. The number of likely N-dealkylation sites (tertiary alicyclic amines) is 2. The van der Waals surface area contributed by atoms with Crippen molar-refractivity contribution < 1.29 is 0 Å². The molecular weight excluding hydrogens is 246 g/mol. The van der Waals surface area contributed by atoms with E-state index in [4.69, 9.17) is 0 Å². The summed E-state index contributed by atoms with van der Waals surface area (Å²) in [6.07, 6.45) is 9.82. The molecule has 20 heavy (non-hydrogen) atoms. The van der Waals surface area contributed by atoms with Crippen LogP contribution in [0.15, 0.2) is 0 Å². The van der Waals surface area contributed by atoms with Gasteiger partial charge >= 0.3 is 0 Å². The van der Waals surface area contributed by atoms with E-state index < -0.39 is 0 Å². The Hall–Kier alpha value is -0.120. The van der Waals surface area contributed by atoms with Crippen LogP contribution in [0.2, 0.25) is 0 Å². The van der Waals surface area contributed by atoms with E-state index in [0.717, 1.165) is 6.04 Å². The molecule has 0 saturated carbocycles. The second-order valence-corrected chi connectivity index (χ2v) is 7.01. The van der Waals surface area contributed by atoms with Crippen LogP contribution in [0.1, 0.15) is 58.8 Å². The molecule has 3 nitrogen and oxygen atoms in total. The fourth-order valence-corrected chi connectivity index (χ4v) is 3.62. The van der Waals surface area contributed by atoms with Crippen molar-refractivity contribution in [2.45, 2.75) is 70.9 Å². The van der Waals surface area contributed by atoms with Crippen LogP contribution in [0, 0.1) is 0 Å². The summed E-state index contributed by atoms with van der Waals surface area (Å²) in [5, 5.41) is 3.50. The van der Waals surface area contributed by atoms with Gasteiger partial charge in [0.1, 0.15) is 0 Å². The summed E-state index contributed by atoms with van der Waals surface area (Å²) in [7, 11) is 0. The van der Waals surface area contributed by atoms with Crippen LogP contribution in [0.3, 0.4) is 0 Å². The number of hydrogen-bond donors (Lipinski definition) is 1. The van der Waals surface area contributed by atoms with E-state index in [1.807, 2.05) is 0 Å². The molecule has 2 fully saturated rings. The minimum absolute atomic E-state index is 0.638. The summed E-state index contributed by atoms with van der Waals surface area (Å²) in [5.41, 5.74) is 0. The molecule has 118 valence electrons. The van der Waals surface area contributed by atoms with Gasteiger partial charge in [-0.05, 0) is 64.8 Å². The minimum Gasteiger partial charge on any atom is -0.315 e. The summed E-state index contributed by atoms with van der Waals surface area (Å²) >= 11 is 0. The first kappa shape index (κ1) is 16.3. The summed E-state index contributed by atoms with van der Waals surface area (Å²) in [4.78, 5) is 5.46. The number of rotatable bonds is 8. The third-order valence-electron chi connectivity index (χ3n) is 4.86. The molecule has 0 radical (unpaired) electrons. The second-order valence-electron chi connectivity index (χ2n) is 7.01. The number of nitrogens with one attached hydrogen (secondary N) is 1. The fraction of sp³-hybridized carbons (Fsp3) is 1.00. The molecule has 0 aromatic rings. The van der Waals surface area contributed by atoms with Crippen molar-refractivity contribution in [2.24, 2.45) is 0 Å². The Labute approximate surface area is 126 Å². The van der Waals surface area contributed by atoms with Gasteiger partial charge in [-0.25, -0.2) is 0 Å². The van der Waals surface area contributed by atoms with Gasteiger partial charge in [0.25, 0.3) is 0 Å². The zero-order valence-electron chi connectivity index (χ0n) is 13.7. The van der Waals surface area contributed by atoms with Crippen LogP contribution in [0.25, 0.3) is 0 Å². The van der Waals surface area contributed by atoms with Crippen LogP contribution in [-0.4, -0.2) is 61.2 Å². The molecule has 0 aromatic heterocycles. The van der Waals surface area contributed by atoms with Gasteiger partial charge in [0.15, 0.2) is 0 Å². The average molecular weight is 281 g/mol. The maximum absolute atomic E-state index is 3.50. The van der Waals surface area contributed by atoms with E-state index in [2.05, 4.69) is 29.0 Å². The Morgan fingerprint density at radius 1 is 1.00 bits per heavy atom. The maximum atomic E-state index is 3.50. The lowest BCUT2D eigenvalue weighted by Crippen LogP contribution is -2.40. The molecule has 0 bridgehead atoms. The smallest absolute Gasteiger partial charge is 0.0235 e. The zero-order chi connectivity index (χ0) is 14.2. The maximum Gasteiger partial charge on any atom is 0.0235 e. The minimum atomic E-state index is 0.638. The first-order chi connectivity index (χ1) is 9.75. The van der Waals surface area contributed by atoms with Crippen LogP contribution < -0.4 is 5.32 Å². The number of unbranched alkanes of at least 4 members (excludes halogenated alkanes) is 2. The standard InChI is InChI=1S/C17H35N3/c1-16(2)18-10-5-3-6-11-19-14-9-17(15-19)20-12-7-4-8-13-20/h16-18H,3-15H2,1-2H3. The lowest BCUT2D eigenvalue weighted by atomic mass is 10.1. The van der Waals surface area contributed by atoms with E-state index in [9.17, 15) is 0 Å². The van der Waals surface area contributed by atoms with Crippen molar-refractivity contribution >= 4 is 0 Å². The highest BCUT2D eigenvalue weighted by atomic mass is 15.3. The van der Waals surface area contributed by atoms with Gasteiger partial charge in [-0.1, -0.05) is 26.7 Å². The number of nitrogens with zero attached hydrogens (tertiary/aromatic N) is 2. The van der Waals surface area contributed by atoms with E-state index >= 15 is 0 Å². The normalized spacial score (nSPS) is 25.6. The van der Waals surface area contributed by atoms with Gasteiger partial charge in [-0.3, -0.25) is 4.90 Å². The predicted molar refractivity (Wildman–Crippen MR) is 87.3 cm³/mol. The van der Waals surface area contributed by atoms with Crippen LogP contribution >= 0.6 is 0 Å². The molecule has 2 aliphatic rings. The van der Waals surface area contributed by atoms with Gasteiger partial charge in [-0.2, -0.15) is 0 Å². The van der Waals surface area contributed by atoms with Gasteiger partial charge in [-0.15, -0.1) is 0 Å². The van der Waals surface area contributed by atoms with Crippen molar-refractivity contribution in [3.8, 4) is 0 Å². The van der Waals surface area contributed by atoms with E-state index in [-0.39, 0.29) is 0 Å². The van der Waals surface area contributed by atoms with Crippen molar-refractivity contribution in [1.29, 1.82) is 0 Å². The molecule has 0 amide bonds.